The minimum absolute atomic E-state index is 0.279. The van der Waals surface area contributed by atoms with E-state index in [4.69, 9.17) is 0 Å². The van der Waals surface area contributed by atoms with Crippen LogP contribution in [0.1, 0.15) is 12.5 Å². The fourth-order valence-electron chi connectivity index (χ4n) is 0.943. The number of sulfonamides is 1. The van der Waals surface area contributed by atoms with Crippen molar-refractivity contribution in [2.45, 2.75) is 18.7 Å². The summed E-state index contributed by atoms with van der Waals surface area (Å²) in [7, 11) is -3.38. The third-order valence-electron chi connectivity index (χ3n) is 1.72. The van der Waals surface area contributed by atoms with E-state index < -0.39 is 10.0 Å². The first kappa shape index (κ1) is 10.8. The Hall–Kier alpha value is -1.29. The Morgan fingerprint density at radius 2 is 1.79 bits per heavy atom. The molecule has 0 atom stereocenters. The van der Waals surface area contributed by atoms with Crippen LogP contribution < -0.4 is 4.72 Å². The van der Waals surface area contributed by atoms with Crippen molar-refractivity contribution in [3.63, 3.8) is 0 Å². The third kappa shape index (κ3) is 2.60. The quantitative estimate of drug-likeness (QED) is 0.828. The summed E-state index contributed by atoms with van der Waals surface area (Å²) in [6.45, 7) is 3.66. The molecule has 0 aromatic heterocycles. The number of allylic oxidation sites excluding steroid dienone is 1. The van der Waals surface area contributed by atoms with E-state index in [-0.39, 0.29) is 4.90 Å². The van der Waals surface area contributed by atoms with E-state index in [1.807, 2.05) is 6.92 Å². The summed E-state index contributed by atoms with van der Waals surface area (Å²) in [5.74, 6) is 0. The molecule has 1 rings (SSSR count). The van der Waals surface area contributed by atoms with Gasteiger partial charge in [-0.1, -0.05) is 23.8 Å². The molecule has 1 aromatic rings. The van der Waals surface area contributed by atoms with E-state index in [0.717, 1.165) is 5.56 Å². The normalized spacial score (nSPS) is 11.9. The maximum Gasteiger partial charge on any atom is 0.261 e. The van der Waals surface area contributed by atoms with Gasteiger partial charge in [-0.15, -0.1) is 0 Å². The Kier molecular flexibility index (Phi) is 3.30. The Morgan fingerprint density at radius 1 is 1.21 bits per heavy atom. The Labute approximate surface area is 84.5 Å². The van der Waals surface area contributed by atoms with Crippen LogP contribution in [0, 0.1) is 6.92 Å². The van der Waals surface area contributed by atoms with Crippen molar-refractivity contribution in [3.05, 3.63) is 42.1 Å². The van der Waals surface area contributed by atoms with Crippen molar-refractivity contribution in [1.82, 2.24) is 4.72 Å². The maximum atomic E-state index is 11.5. The van der Waals surface area contributed by atoms with Gasteiger partial charge in [-0.3, -0.25) is 4.72 Å². The van der Waals surface area contributed by atoms with Crippen LogP contribution in [0.15, 0.2) is 41.4 Å². The number of nitrogens with one attached hydrogen (secondary N) is 1. The molecular weight excluding hydrogens is 198 g/mol. The van der Waals surface area contributed by atoms with Crippen LogP contribution in [-0.2, 0) is 10.0 Å². The molecule has 0 bridgehead atoms. The zero-order valence-electron chi connectivity index (χ0n) is 8.19. The van der Waals surface area contributed by atoms with Gasteiger partial charge in [0.2, 0.25) is 0 Å². The number of rotatable bonds is 3. The fraction of sp³-hybridized carbons (Fsp3) is 0.200. The predicted molar refractivity (Wildman–Crippen MR) is 56.3 cm³/mol. The zero-order valence-corrected chi connectivity index (χ0v) is 9.01. The lowest BCUT2D eigenvalue weighted by Gasteiger charge is -2.03. The van der Waals surface area contributed by atoms with Gasteiger partial charge in [0.05, 0.1) is 4.90 Å². The van der Waals surface area contributed by atoms with Crippen molar-refractivity contribution in [2.75, 3.05) is 0 Å². The molecule has 3 nitrogen and oxygen atoms in total. The van der Waals surface area contributed by atoms with Gasteiger partial charge in [0, 0.05) is 6.20 Å². The van der Waals surface area contributed by atoms with Gasteiger partial charge < -0.3 is 0 Å². The van der Waals surface area contributed by atoms with Gasteiger partial charge >= 0.3 is 0 Å². The third-order valence-corrected chi connectivity index (χ3v) is 3.06. The fourth-order valence-corrected chi connectivity index (χ4v) is 1.89. The molecule has 0 aliphatic carbocycles. The second-order valence-corrected chi connectivity index (χ2v) is 4.65. The molecule has 0 saturated heterocycles. The zero-order chi connectivity index (χ0) is 10.6. The van der Waals surface area contributed by atoms with Gasteiger partial charge in [-0.2, -0.15) is 0 Å². The highest BCUT2D eigenvalue weighted by Crippen LogP contribution is 2.09. The summed E-state index contributed by atoms with van der Waals surface area (Å²) in [4.78, 5) is 0.279. The smallest absolute Gasteiger partial charge is 0.261 e. The molecule has 0 heterocycles. The molecule has 0 spiro atoms. The van der Waals surface area contributed by atoms with E-state index in [2.05, 4.69) is 4.72 Å². The molecule has 0 unspecified atom stereocenters. The van der Waals surface area contributed by atoms with Crippen molar-refractivity contribution in [3.8, 4) is 0 Å². The van der Waals surface area contributed by atoms with Crippen LogP contribution in [0.5, 0.6) is 0 Å². The van der Waals surface area contributed by atoms with E-state index in [1.165, 1.54) is 6.20 Å². The van der Waals surface area contributed by atoms with Crippen molar-refractivity contribution in [1.29, 1.82) is 0 Å². The molecule has 14 heavy (non-hydrogen) atoms. The van der Waals surface area contributed by atoms with Crippen LogP contribution in [0.3, 0.4) is 0 Å². The molecule has 0 radical (unpaired) electrons. The van der Waals surface area contributed by atoms with Gasteiger partial charge in [-0.25, -0.2) is 8.42 Å². The van der Waals surface area contributed by atoms with Crippen LogP contribution in [-0.4, -0.2) is 8.42 Å². The average molecular weight is 211 g/mol. The highest BCUT2D eigenvalue weighted by atomic mass is 32.2. The van der Waals surface area contributed by atoms with Gasteiger partial charge in [0.1, 0.15) is 0 Å². The molecule has 0 amide bonds. The summed E-state index contributed by atoms with van der Waals surface area (Å²) in [5.41, 5.74) is 1.04. The van der Waals surface area contributed by atoms with E-state index in [9.17, 15) is 8.42 Å². The number of aryl methyl sites for hydroxylation is 1. The highest BCUT2D eigenvalue weighted by molar-refractivity contribution is 7.89. The number of hydrogen-bond acceptors (Lipinski definition) is 2. The van der Waals surface area contributed by atoms with Crippen LogP contribution in [0.2, 0.25) is 0 Å². The van der Waals surface area contributed by atoms with Crippen LogP contribution >= 0.6 is 0 Å². The maximum absolute atomic E-state index is 11.5. The summed E-state index contributed by atoms with van der Waals surface area (Å²) in [6, 6.07) is 6.71. The predicted octanol–water partition coefficient (Wildman–Crippen LogP) is 1.81. The van der Waals surface area contributed by atoms with E-state index in [0.29, 0.717) is 0 Å². The first-order chi connectivity index (χ1) is 6.56. The minimum Gasteiger partial charge on any atom is -0.287 e. The van der Waals surface area contributed by atoms with Crippen molar-refractivity contribution < 1.29 is 8.42 Å². The molecule has 4 heteroatoms. The molecule has 0 fully saturated rings. The van der Waals surface area contributed by atoms with Gasteiger partial charge in [0.15, 0.2) is 0 Å². The Morgan fingerprint density at radius 3 is 2.29 bits per heavy atom. The molecule has 0 aliphatic heterocycles. The topological polar surface area (TPSA) is 46.2 Å². The molecule has 0 aliphatic rings. The summed E-state index contributed by atoms with van der Waals surface area (Å²) < 4.78 is 25.4. The monoisotopic (exact) mass is 211 g/mol. The summed E-state index contributed by atoms with van der Waals surface area (Å²) >= 11 is 0. The van der Waals surface area contributed by atoms with Crippen LogP contribution in [0.25, 0.3) is 0 Å². The molecule has 76 valence electrons. The summed E-state index contributed by atoms with van der Waals surface area (Å²) in [6.07, 6.45) is 3.03. The lowest BCUT2D eigenvalue weighted by Crippen LogP contribution is -2.17. The van der Waals surface area contributed by atoms with Gasteiger partial charge in [0.25, 0.3) is 10.0 Å². The molecule has 1 N–H and O–H groups in total. The lowest BCUT2D eigenvalue weighted by atomic mass is 10.2. The minimum atomic E-state index is -3.38. The van der Waals surface area contributed by atoms with E-state index in [1.54, 1.807) is 37.3 Å². The van der Waals surface area contributed by atoms with Crippen molar-refractivity contribution in [2.24, 2.45) is 0 Å². The SMILES string of the molecule is CC=CNS(=O)(=O)c1ccc(C)cc1. The van der Waals surface area contributed by atoms with E-state index >= 15 is 0 Å². The first-order valence-electron chi connectivity index (χ1n) is 4.26. The Balaban J connectivity index is 2.99. The standard InChI is InChI=1S/C10H13NO2S/c1-3-8-11-14(12,13)10-6-4-9(2)5-7-10/h3-8,11H,1-2H3. The average Bonchev–Trinajstić information content (AvgIpc) is 2.16. The number of benzene rings is 1. The lowest BCUT2D eigenvalue weighted by molar-refractivity contribution is 0.590. The summed E-state index contributed by atoms with van der Waals surface area (Å²) in [5, 5.41) is 0. The largest absolute Gasteiger partial charge is 0.287 e. The second-order valence-electron chi connectivity index (χ2n) is 2.93. The Bertz CT molecular complexity index is 418. The number of hydrogen-bond donors (Lipinski definition) is 1. The molecular formula is C10H13NO2S. The highest BCUT2D eigenvalue weighted by Gasteiger charge is 2.10. The van der Waals surface area contributed by atoms with Crippen molar-refractivity contribution >= 4 is 10.0 Å². The van der Waals surface area contributed by atoms with Crippen LogP contribution in [0.4, 0.5) is 0 Å². The molecule has 1 aromatic carbocycles. The van der Waals surface area contributed by atoms with Gasteiger partial charge in [-0.05, 0) is 26.0 Å². The first-order valence-corrected chi connectivity index (χ1v) is 5.75. The second kappa shape index (κ2) is 4.28. The molecule has 0 saturated carbocycles.